The van der Waals surface area contributed by atoms with Gasteiger partial charge < -0.3 is 5.73 Å². The Morgan fingerprint density at radius 2 is 2.22 bits per heavy atom. The lowest BCUT2D eigenvalue weighted by molar-refractivity contribution is 0.641. The molecule has 2 aromatic rings. The minimum Gasteiger partial charge on any atom is -0.327 e. The van der Waals surface area contributed by atoms with Crippen LogP contribution < -0.4 is 5.73 Å². The summed E-state index contributed by atoms with van der Waals surface area (Å²) < 4.78 is 2.44. The summed E-state index contributed by atoms with van der Waals surface area (Å²) in [6, 6.07) is 10.9. The topological polar surface area (TPSA) is 26.0 Å². The Kier molecular flexibility index (Phi) is 5.30. The highest BCUT2D eigenvalue weighted by atomic mass is 79.9. The molecule has 1 unspecified atom stereocenters. The number of thiophene rings is 1. The van der Waals surface area contributed by atoms with E-state index in [1.54, 1.807) is 11.3 Å². The first kappa shape index (κ1) is 14.1. The third-order valence-corrected chi connectivity index (χ3v) is 5.38. The van der Waals surface area contributed by atoms with E-state index < -0.39 is 0 Å². The lowest BCUT2D eigenvalue weighted by Gasteiger charge is -2.13. The van der Waals surface area contributed by atoms with Gasteiger partial charge in [-0.2, -0.15) is 0 Å². The minimum atomic E-state index is 0.238. The van der Waals surface area contributed by atoms with Gasteiger partial charge in [0, 0.05) is 15.4 Å². The highest BCUT2D eigenvalue weighted by Crippen LogP contribution is 2.35. The van der Waals surface area contributed by atoms with Gasteiger partial charge in [0.05, 0.1) is 4.21 Å². The number of hydrogen-bond acceptors (Lipinski definition) is 3. The standard InChI is InChI=1S/C14H16BrNS2/c1-2-12(16)9-10-8-11(15)5-6-13(10)18-14-4-3-7-17-14/h3-8,12H,2,9,16H2,1H3. The molecule has 0 bridgehead atoms. The summed E-state index contributed by atoms with van der Waals surface area (Å²) in [4.78, 5) is 1.31. The Morgan fingerprint density at radius 1 is 1.39 bits per heavy atom. The minimum absolute atomic E-state index is 0.238. The van der Waals surface area contributed by atoms with Crippen molar-refractivity contribution in [2.45, 2.75) is 34.9 Å². The normalized spacial score (nSPS) is 12.6. The Labute approximate surface area is 125 Å². The predicted octanol–water partition coefficient (Wildman–Crippen LogP) is 4.94. The van der Waals surface area contributed by atoms with Crippen LogP contribution in [0.15, 0.2) is 49.3 Å². The summed E-state index contributed by atoms with van der Waals surface area (Å²) in [6.07, 6.45) is 1.94. The first-order chi connectivity index (χ1) is 8.69. The predicted molar refractivity (Wildman–Crippen MR) is 84.6 cm³/mol. The summed E-state index contributed by atoms with van der Waals surface area (Å²) in [5.74, 6) is 0. The maximum atomic E-state index is 6.08. The second kappa shape index (κ2) is 6.75. The number of rotatable bonds is 5. The summed E-state index contributed by atoms with van der Waals surface area (Å²) in [5, 5.41) is 2.11. The molecule has 0 fully saturated rings. The zero-order valence-corrected chi connectivity index (χ0v) is 13.4. The summed E-state index contributed by atoms with van der Waals surface area (Å²) in [5.41, 5.74) is 7.41. The smallest absolute Gasteiger partial charge is 0.0646 e. The van der Waals surface area contributed by atoms with Gasteiger partial charge in [-0.25, -0.2) is 0 Å². The highest BCUT2D eigenvalue weighted by molar-refractivity contribution is 9.10. The van der Waals surface area contributed by atoms with Crippen LogP contribution in [-0.2, 0) is 6.42 Å². The van der Waals surface area contributed by atoms with Gasteiger partial charge in [-0.05, 0) is 48.1 Å². The molecule has 0 aliphatic rings. The van der Waals surface area contributed by atoms with Crippen molar-refractivity contribution in [1.82, 2.24) is 0 Å². The molecule has 1 heterocycles. The molecule has 0 saturated heterocycles. The van der Waals surface area contributed by atoms with Crippen molar-refractivity contribution in [3.05, 3.63) is 45.7 Å². The van der Waals surface area contributed by atoms with Gasteiger partial charge in [-0.3, -0.25) is 0 Å². The number of benzene rings is 1. The van der Waals surface area contributed by atoms with Crippen molar-refractivity contribution < 1.29 is 0 Å². The number of halogens is 1. The van der Waals surface area contributed by atoms with E-state index in [1.165, 1.54) is 14.7 Å². The number of hydrogen-bond donors (Lipinski definition) is 1. The van der Waals surface area contributed by atoms with E-state index in [2.05, 4.69) is 58.6 Å². The molecule has 0 amide bonds. The van der Waals surface area contributed by atoms with Crippen molar-refractivity contribution >= 4 is 39.0 Å². The van der Waals surface area contributed by atoms with Gasteiger partial charge in [-0.15, -0.1) is 11.3 Å². The van der Waals surface area contributed by atoms with Crippen LogP contribution in [0.5, 0.6) is 0 Å². The molecule has 1 aromatic heterocycles. The van der Waals surface area contributed by atoms with Crippen molar-refractivity contribution in [3.63, 3.8) is 0 Å². The fraction of sp³-hybridized carbons (Fsp3) is 0.286. The Morgan fingerprint density at radius 3 is 2.89 bits per heavy atom. The molecule has 4 heteroatoms. The van der Waals surface area contributed by atoms with Gasteiger partial charge in [-0.1, -0.05) is 40.7 Å². The molecule has 1 nitrogen and oxygen atoms in total. The molecule has 0 radical (unpaired) electrons. The van der Waals surface area contributed by atoms with E-state index in [9.17, 15) is 0 Å². The third-order valence-electron chi connectivity index (χ3n) is 2.73. The van der Waals surface area contributed by atoms with Crippen molar-refractivity contribution in [1.29, 1.82) is 0 Å². The number of nitrogens with two attached hydrogens (primary N) is 1. The van der Waals surface area contributed by atoms with Gasteiger partial charge in [0.15, 0.2) is 0 Å². The second-order valence-corrected chi connectivity index (χ2v) is 7.36. The second-order valence-electron chi connectivity index (χ2n) is 4.16. The van der Waals surface area contributed by atoms with E-state index in [1.807, 2.05) is 11.8 Å². The van der Waals surface area contributed by atoms with E-state index in [0.29, 0.717) is 0 Å². The summed E-state index contributed by atoms with van der Waals surface area (Å²) in [6.45, 7) is 2.13. The maximum absolute atomic E-state index is 6.08. The lowest BCUT2D eigenvalue weighted by Crippen LogP contribution is -2.21. The van der Waals surface area contributed by atoms with Gasteiger partial charge in [0.2, 0.25) is 0 Å². The molecule has 1 atom stereocenters. The molecule has 0 aliphatic heterocycles. The van der Waals surface area contributed by atoms with Crippen molar-refractivity contribution in [3.8, 4) is 0 Å². The van der Waals surface area contributed by atoms with E-state index >= 15 is 0 Å². The monoisotopic (exact) mass is 341 g/mol. The molecule has 2 N–H and O–H groups in total. The Balaban J connectivity index is 2.22. The Bertz CT molecular complexity index is 497. The molecular weight excluding hydrogens is 326 g/mol. The largest absolute Gasteiger partial charge is 0.327 e. The average Bonchev–Trinajstić information content (AvgIpc) is 2.85. The van der Waals surface area contributed by atoms with Gasteiger partial charge in [0.25, 0.3) is 0 Å². The van der Waals surface area contributed by atoms with E-state index in [-0.39, 0.29) is 6.04 Å². The summed E-state index contributed by atoms with van der Waals surface area (Å²) >= 11 is 7.14. The van der Waals surface area contributed by atoms with Crippen LogP contribution in [0.4, 0.5) is 0 Å². The highest BCUT2D eigenvalue weighted by Gasteiger charge is 2.09. The third kappa shape index (κ3) is 3.85. The quantitative estimate of drug-likeness (QED) is 0.833. The average molecular weight is 342 g/mol. The molecule has 96 valence electrons. The molecular formula is C14H16BrNS2. The Hall–Kier alpha value is -0.290. The zero-order valence-electron chi connectivity index (χ0n) is 10.2. The van der Waals surface area contributed by atoms with Gasteiger partial charge in [0.1, 0.15) is 0 Å². The first-order valence-electron chi connectivity index (χ1n) is 5.94. The van der Waals surface area contributed by atoms with Crippen molar-refractivity contribution in [2.75, 3.05) is 0 Å². The molecule has 0 aliphatic carbocycles. The zero-order chi connectivity index (χ0) is 13.0. The van der Waals surface area contributed by atoms with Crippen molar-refractivity contribution in [2.24, 2.45) is 5.73 Å². The van der Waals surface area contributed by atoms with Crippen LogP contribution in [0.25, 0.3) is 0 Å². The van der Waals surface area contributed by atoms with Crippen LogP contribution in [0, 0.1) is 0 Å². The van der Waals surface area contributed by atoms with Crippen LogP contribution in [0.3, 0.4) is 0 Å². The fourth-order valence-corrected chi connectivity index (χ4v) is 3.92. The molecule has 2 rings (SSSR count). The first-order valence-corrected chi connectivity index (χ1v) is 8.43. The van der Waals surface area contributed by atoms with Crippen LogP contribution in [-0.4, -0.2) is 6.04 Å². The maximum Gasteiger partial charge on any atom is 0.0646 e. The van der Waals surface area contributed by atoms with E-state index in [0.717, 1.165) is 17.3 Å². The van der Waals surface area contributed by atoms with Crippen LogP contribution in [0.2, 0.25) is 0 Å². The van der Waals surface area contributed by atoms with Gasteiger partial charge >= 0.3 is 0 Å². The summed E-state index contributed by atoms with van der Waals surface area (Å²) in [7, 11) is 0. The van der Waals surface area contributed by atoms with Crippen LogP contribution >= 0.6 is 39.0 Å². The van der Waals surface area contributed by atoms with E-state index in [4.69, 9.17) is 5.73 Å². The lowest BCUT2D eigenvalue weighted by atomic mass is 10.1. The van der Waals surface area contributed by atoms with Crippen LogP contribution in [0.1, 0.15) is 18.9 Å². The molecule has 0 spiro atoms. The fourth-order valence-electron chi connectivity index (χ4n) is 1.66. The molecule has 0 saturated carbocycles. The molecule has 1 aromatic carbocycles. The molecule has 18 heavy (non-hydrogen) atoms. The SMILES string of the molecule is CCC(N)Cc1cc(Br)ccc1Sc1cccs1.